The first-order valence-electron chi connectivity index (χ1n) is 10.2. The van der Waals surface area contributed by atoms with E-state index >= 15 is 0 Å². The summed E-state index contributed by atoms with van der Waals surface area (Å²) in [4.78, 5) is 38.7. The molecule has 1 aromatic rings. The van der Waals surface area contributed by atoms with Crippen LogP contribution in [0.15, 0.2) is 24.3 Å². The second kappa shape index (κ2) is 8.19. The zero-order valence-electron chi connectivity index (χ0n) is 17.2. The van der Waals surface area contributed by atoms with Crippen molar-refractivity contribution in [3.8, 4) is 0 Å². The number of fused-ring (bicyclic) bond motifs is 2. The van der Waals surface area contributed by atoms with Gasteiger partial charge < -0.3 is 9.47 Å². The van der Waals surface area contributed by atoms with E-state index in [0.29, 0.717) is 19.6 Å². The lowest BCUT2D eigenvalue weighted by atomic mass is 9.55. The maximum atomic E-state index is 13.1. The predicted molar refractivity (Wildman–Crippen MR) is 109 cm³/mol. The van der Waals surface area contributed by atoms with E-state index < -0.39 is 31.8 Å². The third-order valence-electron chi connectivity index (χ3n) is 5.77. The van der Waals surface area contributed by atoms with Crippen molar-refractivity contribution in [2.75, 3.05) is 13.2 Å². The van der Waals surface area contributed by atoms with E-state index in [1.807, 2.05) is 31.2 Å². The molecule has 0 spiro atoms. The Bertz CT molecular complexity index is 766. The summed E-state index contributed by atoms with van der Waals surface area (Å²) in [5.41, 5.74) is 1.87. The molecule has 6 heteroatoms. The van der Waals surface area contributed by atoms with Gasteiger partial charge in [-0.3, -0.25) is 14.4 Å². The zero-order chi connectivity index (χ0) is 20.5. The van der Waals surface area contributed by atoms with E-state index in [-0.39, 0.29) is 24.1 Å². The van der Waals surface area contributed by atoms with E-state index in [4.69, 9.17) is 9.47 Å². The van der Waals surface area contributed by atoms with Crippen LogP contribution in [-0.2, 0) is 23.9 Å². The van der Waals surface area contributed by atoms with Gasteiger partial charge in [0, 0.05) is 20.4 Å². The summed E-state index contributed by atoms with van der Waals surface area (Å²) in [6.45, 7) is 9.26. The minimum absolute atomic E-state index is 0.0216. The van der Waals surface area contributed by atoms with Crippen LogP contribution < -0.4 is 0 Å². The number of ketones is 1. The summed E-state index contributed by atoms with van der Waals surface area (Å²) in [7, 11) is -1.34. The summed E-state index contributed by atoms with van der Waals surface area (Å²) >= 11 is 0. The van der Waals surface area contributed by atoms with Crippen LogP contribution in [0.1, 0.15) is 42.7 Å². The molecule has 3 aliphatic carbocycles. The van der Waals surface area contributed by atoms with Crippen molar-refractivity contribution in [1.82, 2.24) is 0 Å². The monoisotopic (exact) mass is 402 g/mol. The molecule has 0 N–H and O–H groups in total. The molecule has 1 aromatic carbocycles. The SMILES string of the molecule is CCCOC(=O)[C@H]1[C@H](C(=O)OCC[Si](C)(C)C)[C@@H]2CC(=O)[C@H]1c1ccccc12. The third-order valence-corrected chi connectivity index (χ3v) is 7.47. The number of ether oxygens (including phenoxy) is 2. The summed E-state index contributed by atoms with van der Waals surface area (Å²) in [6.07, 6.45) is 0.982. The average Bonchev–Trinajstić information content (AvgIpc) is 2.64. The Kier molecular flexibility index (Phi) is 6.08. The molecule has 4 atom stereocenters. The Morgan fingerprint density at radius 2 is 1.61 bits per heavy atom. The minimum Gasteiger partial charge on any atom is -0.466 e. The maximum absolute atomic E-state index is 13.1. The number of hydrogen-bond acceptors (Lipinski definition) is 5. The van der Waals surface area contributed by atoms with E-state index in [1.54, 1.807) is 0 Å². The van der Waals surface area contributed by atoms with E-state index in [2.05, 4.69) is 19.6 Å². The minimum atomic E-state index is -1.34. The molecule has 0 amide bonds. The van der Waals surface area contributed by atoms with Crippen LogP contribution in [0.2, 0.25) is 25.7 Å². The lowest BCUT2D eigenvalue weighted by Gasteiger charge is -2.46. The molecule has 4 rings (SSSR count). The Labute approximate surface area is 167 Å². The molecule has 0 saturated heterocycles. The fourth-order valence-corrected chi connectivity index (χ4v) is 5.09. The Morgan fingerprint density at radius 1 is 1.00 bits per heavy atom. The molecule has 0 aliphatic heterocycles. The zero-order valence-corrected chi connectivity index (χ0v) is 18.2. The van der Waals surface area contributed by atoms with Gasteiger partial charge in [-0.25, -0.2) is 0 Å². The summed E-state index contributed by atoms with van der Waals surface area (Å²) in [5, 5.41) is 0. The fraction of sp³-hybridized carbons (Fsp3) is 0.591. The van der Waals surface area contributed by atoms with Gasteiger partial charge in [-0.05, 0) is 23.6 Å². The molecule has 1 saturated carbocycles. The first-order valence-corrected chi connectivity index (χ1v) is 13.9. The second-order valence-corrected chi connectivity index (χ2v) is 14.7. The molecule has 1 fully saturated rings. The van der Waals surface area contributed by atoms with Crippen LogP contribution in [0.3, 0.4) is 0 Å². The quantitative estimate of drug-likeness (QED) is 0.511. The highest BCUT2D eigenvalue weighted by Gasteiger charge is 2.57. The standard InChI is InChI=1S/C22H30O5Si/c1-5-10-26-22(25)20-18-15-9-7-6-8-14(15)16(13-17(18)23)19(20)21(24)27-11-12-28(2,3)4/h6-9,16,18-20H,5,10-13H2,1-4H3/t16-,18-,19-,20-/m1/s1. The smallest absolute Gasteiger partial charge is 0.310 e. The lowest BCUT2D eigenvalue weighted by molar-refractivity contribution is -0.167. The highest BCUT2D eigenvalue weighted by atomic mass is 28.3. The van der Waals surface area contributed by atoms with Gasteiger partial charge in [-0.2, -0.15) is 0 Å². The number of hydrogen-bond donors (Lipinski definition) is 0. The van der Waals surface area contributed by atoms with Gasteiger partial charge in [0.1, 0.15) is 5.78 Å². The second-order valence-electron chi connectivity index (χ2n) is 9.08. The molecule has 28 heavy (non-hydrogen) atoms. The lowest BCUT2D eigenvalue weighted by Crippen LogP contribution is -2.50. The van der Waals surface area contributed by atoms with Crippen LogP contribution in [0.25, 0.3) is 0 Å². The number of carbonyl (C=O) groups excluding carboxylic acids is 3. The summed E-state index contributed by atoms with van der Waals surface area (Å²) in [5.74, 6) is -3.16. The predicted octanol–water partition coefficient (Wildman–Crippen LogP) is 3.91. The molecule has 0 radical (unpaired) electrons. The normalized spacial score (nSPS) is 25.9. The number of esters is 2. The van der Waals surface area contributed by atoms with Crippen LogP contribution >= 0.6 is 0 Å². The molecule has 152 valence electrons. The average molecular weight is 403 g/mol. The summed E-state index contributed by atoms with van der Waals surface area (Å²) < 4.78 is 11.0. The fourth-order valence-electron chi connectivity index (χ4n) is 4.38. The van der Waals surface area contributed by atoms with Crippen molar-refractivity contribution in [2.45, 2.75) is 57.3 Å². The first-order chi connectivity index (χ1) is 13.2. The first kappa shape index (κ1) is 20.8. The van der Waals surface area contributed by atoms with Gasteiger partial charge in [0.15, 0.2) is 0 Å². The van der Waals surface area contributed by atoms with Crippen LogP contribution in [0, 0.1) is 11.8 Å². The van der Waals surface area contributed by atoms with Crippen LogP contribution in [0.4, 0.5) is 0 Å². The molecule has 5 nitrogen and oxygen atoms in total. The van der Waals surface area contributed by atoms with Crippen LogP contribution in [-0.4, -0.2) is 39.0 Å². The highest BCUT2D eigenvalue weighted by Crippen LogP contribution is 2.54. The van der Waals surface area contributed by atoms with Crippen molar-refractivity contribution in [3.63, 3.8) is 0 Å². The molecule has 0 heterocycles. The molecule has 0 aromatic heterocycles. The van der Waals surface area contributed by atoms with Crippen molar-refractivity contribution < 1.29 is 23.9 Å². The van der Waals surface area contributed by atoms with E-state index in [9.17, 15) is 14.4 Å². The molecular weight excluding hydrogens is 372 g/mol. The van der Waals surface area contributed by atoms with E-state index in [0.717, 1.165) is 17.2 Å². The molecular formula is C22H30O5Si. The Hall–Kier alpha value is -1.95. The third kappa shape index (κ3) is 4.07. The van der Waals surface area contributed by atoms with Gasteiger partial charge in [0.05, 0.1) is 31.0 Å². The Morgan fingerprint density at radius 3 is 2.25 bits per heavy atom. The maximum Gasteiger partial charge on any atom is 0.310 e. The van der Waals surface area contributed by atoms with Crippen molar-refractivity contribution in [2.24, 2.45) is 11.8 Å². The van der Waals surface area contributed by atoms with Crippen molar-refractivity contribution in [1.29, 1.82) is 0 Å². The van der Waals surface area contributed by atoms with Crippen molar-refractivity contribution >= 4 is 25.8 Å². The molecule has 0 unspecified atom stereocenters. The topological polar surface area (TPSA) is 69.7 Å². The van der Waals surface area contributed by atoms with Gasteiger partial charge in [0.2, 0.25) is 0 Å². The van der Waals surface area contributed by atoms with Gasteiger partial charge >= 0.3 is 11.9 Å². The Balaban J connectivity index is 1.91. The largest absolute Gasteiger partial charge is 0.466 e. The van der Waals surface area contributed by atoms with E-state index in [1.165, 1.54) is 0 Å². The van der Waals surface area contributed by atoms with Crippen LogP contribution in [0.5, 0.6) is 0 Å². The number of carbonyl (C=O) groups is 3. The summed E-state index contributed by atoms with van der Waals surface area (Å²) in [6, 6.07) is 8.54. The number of benzene rings is 1. The van der Waals surface area contributed by atoms with Gasteiger partial charge in [-0.15, -0.1) is 0 Å². The number of rotatable bonds is 7. The van der Waals surface area contributed by atoms with Crippen molar-refractivity contribution in [3.05, 3.63) is 35.4 Å². The molecule has 3 aliphatic rings. The highest BCUT2D eigenvalue weighted by molar-refractivity contribution is 6.76. The number of Topliss-reactive ketones (excluding diaryl/α,β-unsaturated/α-hetero) is 1. The van der Waals surface area contributed by atoms with Gasteiger partial charge in [-0.1, -0.05) is 50.8 Å². The van der Waals surface area contributed by atoms with Gasteiger partial charge in [0.25, 0.3) is 0 Å². The molecule has 2 bridgehead atoms.